The van der Waals surface area contributed by atoms with E-state index >= 15 is 0 Å². The molecule has 1 aromatic carbocycles. The molecule has 4 unspecified atom stereocenters. The summed E-state index contributed by atoms with van der Waals surface area (Å²) in [4.78, 5) is 28.5. The summed E-state index contributed by atoms with van der Waals surface area (Å²) in [5.74, 6) is -0.556. The number of carboxylic acid groups (broad SMARTS) is 1. The van der Waals surface area contributed by atoms with Gasteiger partial charge in [-0.1, -0.05) is 13.0 Å². The van der Waals surface area contributed by atoms with Gasteiger partial charge in [0.1, 0.15) is 11.8 Å². The number of piperidine rings is 1. The zero-order valence-corrected chi connectivity index (χ0v) is 16.0. The molecule has 4 rings (SSSR count). The van der Waals surface area contributed by atoms with Crippen molar-refractivity contribution in [1.29, 1.82) is 0 Å². The van der Waals surface area contributed by atoms with Gasteiger partial charge in [0.25, 0.3) is 0 Å². The Bertz CT molecular complexity index is 779. The van der Waals surface area contributed by atoms with Crippen molar-refractivity contribution in [2.75, 3.05) is 20.1 Å². The first-order chi connectivity index (χ1) is 12.8. The molecule has 4 atom stereocenters. The molecule has 2 heterocycles. The van der Waals surface area contributed by atoms with Crippen LogP contribution < -0.4 is 0 Å². The second kappa shape index (κ2) is 6.51. The Labute approximate surface area is 159 Å². The molecule has 0 saturated carbocycles. The third-order valence-corrected chi connectivity index (χ3v) is 7.22. The van der Waals surface area contributed by atoms with Crippen LogP contribution in [0.5, 0.6) is 5.75 Å². The number of hydrogen-bond acceptors (Lipinski definition) is 4. The summed E-state index contributed by atoms with van der Waals surface area (Å²) in [6, 6.07) is 5.20. The molecule has 0 aromatic heterocycles. The maximum absolute atomic E-state index is 13.1. The molecule has 1 aliphatic carbocycles. The SMILES string of the molecule is CN1CCC2(C)c3cc(O)ccc3CC1C2CC(=O)N1CCCC1C(=O)O. The molecule has 0 radical (unpaired) electrons. The minimum absolute atomic E-state index is 0.0416. The molecule has 6 heteroatoms. The van der Waals surface area contributed by atoms with Gasteiger partial charge >= 0.3 is 5.97 Å². The second-order valence-corrected chi connectivity index (χ2v) is 8.66. The van der Waals surface area contributed by atoms with Gasteiger partial charge < -0.3 is 20.0 Å². The highest BCUT2D eigenvalue weighted by Crippen LogP contribution is 2.50. The molecule has 6 nitrogen and oxygen atoms in total. The highest BCUT2D eigenvalue weighted by molar-refractivity contribution is 5.84. The van der Waals surface area contributed by atoms with E-state index in [-0.39, 0.29) is 29.0 Å². The summed E-state index contributed by atoms with van der Waals surface area (Å²) >= 11 is 0. The van der Waals surface area contributed by atoms with E-state index in [9.17, 15) is 19.8 Å². The van der Waals surface area contributed by atoms with Crippen molar-refractivity contribution >= 4 is 11.9 Å². The number of phenolic OH excluding ortho intramolecular Hbond substituents is 1. The van der Waals surface area contributed by atoms with Crippen LogP contribution in [0.3, 0.4) is 0 Å². The molecule has 1 aromatic rings. The molecule has 1 amide bonds. The molecule has 2 bridgehead atoms. The first-order valence-corrected chi connectivity index (χ1v) is 9.86. The Hall–Kier alpha value is -2.08. The molecule has 27 heavy (non-hydrogen) atoms. The van der Waals surface area contributed by atoms with Crippen LogP contribution in [-0.4, -0.2) is 64.1 Å². The van der Waals surface area contributed by atoms with Crippen molar-refractivity contribution in [3.05, 3.63) is 29.3 Å². The first-order valence-electron chi connectivity index (χ1n) is 9.86. The largest absolute Gasteiger partial charge is 0.508 e. The molecule has 0 spiro atoms. The summed E-state index contributed by atoms with van der Waals surface area (Å²) in [5.41, 5.74) is 2.22. The molecule has 2 N–H and O–H groups in total. The number of fused-ring (bicyclic) bond motifs is 4. The number of rotatable bonds is 3. The number of likely N-dealkylation sites (tertiary alicyclic amines) is 2. The summed E-state index contributed by atoms with van der Waals surface area (Å²) in [6.07, 6.45) is 3.46. The molecular weight excluding hydrogens is 344 g/mol. The molecule has 2 fully saturated rings. The minimum Gasteiger partial charge on any atom is -0.508 e. The van der Waals surface area contributed by atoms with Gasteiger partial charge in [-0.2, -0.15) is 0 Å². The average molecular weight is 372 g/mol. The lowest BCUT2D eigenvalue weighted by Gasteiger charge is -2.55. The van der Waals surface area contributed by atoms with Crippen LogP contribution in [0.25, 0.3) is 0 Å². The van der Waals surface area contributed by atoms with E-state index in [1.165, 1.54) is 5.56 Å². The second-order valence-electron chi connectivity index (χ2n) is 8.66. The Morgan fingerprint density at radius 2 is 2.07 bits per heavy atom. The molecule has 3 aliphatic rings. The van der Waals surface area contributed by atoms with Crippen molar-refractivity contribution in [2.24, 2.45) is 5.92 Å². The van der Waals surface area contributed by atoms with E-state index < -0.39 is 12.0 Å². The number of carbonyl (C=O) groups excluding carboxylic acids is 1. The maximum Gasteiger partial charge on any atom is 0.326 e. The van der Waals surface area contributed by atoms with Crippen molar-refractivity contribution < 1.29 is 19.8 Å². The Morgan fingerprint density at radius 1 is 1.30 bits per heavy atom. The predicted octanol–water partition coefficient (Wildman–Crippen LogP) is 1.99. The van der Waals surface area contributed by atoms with E-state index in [1.807, 2.05) is 12.1 Å². The summed E-state index contributed by atoms with van der Waals surface area (Å²) in [6.45, 7) is 3.71. The number of aromatic hydroxyl groups is 1. The summed E-state index contributed by atoms with van der Waals surface area (Å²) < 4.78 is 0. The van der Waals surface area contributed by atoms with Crippen molar-refractivity contribution in [1.82, 2.24) is 9.80 Å². The van der Waals surface area contributed by atoms with E-state index in [0.29, 0.717) is 19.4 Å². The van der Waals surface area contributed by atoms with Gasteiger partial charge in [-0.3, -0.25) is 4.79 Å². The van der Waals surface area contributed by atoms with Gasteiger partial charge in [-0.05, 0) is 73.9 Å². The van der Waals surface area contributed by atoms with Crippen LogP contribution in [-0.2, 0) is 21.4 Å². The van der Waals surface area contributed by atoms with Gasteiger partial charge in [0.15, 0.2) is 0 Å². The van der Waals surface area contributed by atoms with Gasteiger partial charge in [0, 0.05) is 19.0 Å². The van der Waals surface area contributed by atoms with E-state index in [1.54, 1.807) is 11.0 Å². The predicted molar refractivity (Wildman–Crippen MR) is 101 cm³/mol. The van der Waals surface area contributed by atoms with Gasteiger partial charge in [0.2, 0.25) is 5.91 Å². The zero-order valence-electron chi connectivity index (χ0n) is 16.0. The Morgan fingerprint density at radius 3 is 2.81 bits per heavy atom. The quantitative estimate of drug-likeness (QED) is 0.848. The number of carbonyl (C=O) groups is 2. The topological polar surface area (TPSA) is 81.1 Å². The smallest absolute Gasteiger partial charge is 0.326 e. The fraction of sp³-hybridized carbons (Fsp3) is 0.619. The van der Waals surface area contributed by atoms with Crippen LogP contribution in [0.4, 0.5) is 0 Å². The monoisotopic (exact) mass is 372 g/mol. The molecular formula is C21H28N2O4. The van der Waals surface area contributed by atoms with Gasteiger partial charge in [0.05, 0.1) is 0 Å². The van der Waals surface area contributed by atoms with Crippen molar-refractivity contribution in [3.63, 3.8) is 0 Å². The lowest BCUT2D eigenvalue weighted by atomic mass is 9.57. The van der Waals surface area contributed by atoms with Crippen LogP contribution in [0.1, 0.15) is 43.7 Å². The van der Waals surface area contributed by atoms with E-state index in [0.717, 1.165) is 31.4 Å². The number of likely N-dealkylation sites (N-methyl/N-ethyl adjacent to an activating group) is 1. The average Bonchev–Trinajstić information content (AvgIpc) is 3.11. The normalized spacial score (nSPS) is 33.0. The number of hydrogen-bond donors (Lipinski definition) is 2. The highest BCUT2D eigenvalue weighted by atomic mass is 16.4. The van der Waals surface area contributed by atoms with E-state index in [2.05, 4.69) is 18.9 Å². The number of phenols is 1. The van der Waals surface area contributed by atoms with Crippen LogP contribution in [0.15, 0.2) is 18.2 Å². The van der Waals surface area contributed by atoms with E-state index in [4.69, 9.17) is 0 Å². The molecule has 2 aliphatic heterocycles. The number of carboxylic acids is 1. The first kappa shape index (κ1) is 18.3. The van der Waals surface area contributed by atoms with Crippen LogP contribution >= 0.6 is 0 Å². The number of nitrogens with zero attached hydrogens (tertiary/aromatic N) is 2. The third kappa shape index (κ3) is 2.90. The Balaban J connectivity index is 1.65. The molecule has 146 valence electrons. The zero-order chi connectivity index (χ0) is 19.3. The number of aliphatic carboxylic acids is 1. The van der Waals surface area contributed by atoms with Gasteiger partial charge in [-0.15, -0.1) is 0 Å². The van der Waals surface area contributed by atoms with Crippen molar-refractivity contribution in [2.45, 2.75) is 56.5 Å². The highest BCUT2D eigenvalue weighted by Gasteiger charge is 2.51. The van der Waals surface area contributed by atoms with Gasteiger partial charge in [-0.25, -0.2) is 4.79 Å². The summed E-state index contributed by atoms with van der Waals surface area (Å²) in [5, 5.41) is 19.5. The maximum atomic E-state index is 13.1. The molecule has 2 saturated heterocycles. The standard InChI is InChI=1S/C21H28N2O4/c1-21-7-9-22(2)18(10-13-5-6-14(24)11-15(13)21)16(21)12-19(25)23-8-3-4-17(23)20(26)27/h5-6,11,16-18,24H,3-4,7-10,12H2,1-2H3,(H,26,27). The minimum atomic E-state index is -0.900. The van der Waals surface area contributed by atoms with Crippen molar-refractivity contribution in [3.8, 4) is 5.75 Å². The lowest BCUT2D eigenvalue weighted by Crippen LogP contribution is -2.59. The fourth-order valence-electron chi connectivity index (χ4n) is 5.61. The van der Waals surface area contributed by atoms with Crippen LogP contribution in [0, 0.1) is 5.92 Å². The fourth-order valence-corrected chi connectivity index (χ4v) is 5.61. The lowest BCUT2D eigenvalue weighted by molar-refractivity contribution is -0.149. The summed E-state index contributed by atoms with van der Waals surface area (Å²) in [7, 11) is 2.11. The Kier molecular flexibility index (Phi) is 4.41. The third-order valence-electron chi connectivity index (χ3n) is 7.22. The number of amides is 1. The van der Waals surface area contributed by atoms with Crippen LogP contribution in [0.2, 0.25) is 0 Å². The number of benzene rings is 1.